The molecule has 0 amide bonds. The van der Waals surface area contributed by atoms with Crippen LogP contribution in [-0.2, 0) is 4.74 Å². The third-order valence-electron chi connectivity index (χ3n) is 6.05. The van der Waals surface area contributed by atoms with Gasteiger partial charge < -0.3 is 40.5 Å². The maximum atomic E-state index is 10.8. The highest BCUT2D eigenvalue weighted by Crippen LogP contribution is 2.32. The van der Waals surface area contributed by atoms with E-state index in [-0.39, 0.29) is 6.42 Å². The highest BCUT2D eigenvalue weighted by molar-refractivity contribution is 5.04. The van der Waals surface area contributed by atoms with E-state index < -0.39 is 55.4 Å². The number of ether oxygens (including phenoxy) is 1. The molecule has 1 rings (SSSR count). The van der Waals surface area contributed by atoms with Crippen molar-refractivity contribution in [3.05, 3.63) is 0 Å². The third-order valence-corrected chi connectivity index (χ3v) is 6.05. The van der Waals surface area contributed by atoms with Crippen molar-refractivity contribution in [3.63, 3.8) is 0 Å². The van der Waals surface area contributed by atoms with E-state index in [2.05, 4.69) is 6.92 Å². The highest BCUT2D eigenvalue weighted by atomic mass is 16.6. The Kier molecular flexibility index (Phi) is 12.8. The van der Waals surface area contributed by atoms with E-state index in [1.165, 1.54) is 38.5 Å². The van der Waals surface area contributed by atoms with E-state index in [9.17, 15) is 35.7 Å². The molecule has 1 fully saturated rings. The first-order chi connectivity index (χ1) is 13.8. The molecule has 29 heavy (non-hydrogen) atoms. The molecule has 1 heterocycles. The molecule has 7 N–H and O–H groups in total. The molecule has 8 heteroatoms. The Morgan fingerprint density at radius 1 is 0.793 bits per heavy atom. The molecule has 7 atom stereocenters. The van der Waals surface area contributed by atoms with E-state index in [1.807, 2.05) is 0 Å². The van der Waals surface area contributed by atoms with Crippen LogP contribution in [0.15, 0.2) is 0 Å². The van der Waals surface area contributed by atoms with Crippen LogP contribution in [0.1, 0.15) is 77.6 Å². The van der Waals surface area contributed by atoms with Gasteiger partial charge in [-0.25, -0.2) is 0 Å². The molecule has 1 aliphatic rings. The van der Waals surface area contributed by atoms with Crippen LogP contribution in [0.2, 0.25) is 0 Å². The van der Waals surface area contributed by atoms with E-state index in [0.717, 1.165) is 19.3 Å². The van der Waals surface area contributed by atoms with Crippen molar-refractivity contribution < 1.29 is 40.5 Å². The number of aliphatic hydroxyl groups is 7. The smallest absolute Gasteiger partial charge is 0.142 e. The van der Waals surface area contributed by atoms with Gasteiger partial charge in [0.05, 0.1) is 19.3 Å². The summed E-state index contributed by atoms with van der Waals surface area (Å²) in [7, 11) is 0. The van der Waals surface area contributed by atoms with Crippen LogP contribution >= 0.6 is 0 Å². The van der Waals surface area contributed by atoms with Gasteiger partial charge in [0.25, 0.3) is 0 Å². The van der Waals surface area contributed by atoms with Crippen molar-refractivity contribution in [1.82, 2.24) is 0 Å². The Labute approximate surface area is 174 Å². The van der Waals surface area contributed by atoms with E-state index >= 15 is 0 Å². The summed E-state index contributed by atoms with van der Waals surface area (Å²) < 4.78 is 5.33. The maximum Gasteiger partial charge on any atom is 0.142 e. The second-order valence-corrected chi connectivity index (χ2v) is 8.39. The van der Waals surface area contributed by atoms with Gasteiger partial charge in [-0.3, -0.25) is 0 Å². The molecular formula is C21H42O8. The fourth-order valence-corrected chi connectivity index (χ4v) is 3.97. The van der Waals surface area contributed by atoms with Crippen molar-refractivity contribution in [3.8, 4) is 0 Å². The molecule has 1 aliphatic heterocycles. The largest absolute Gasteiger partial charge is 0.394 e. The second kappa shape index (κ2) is 13.9. The number of hydrogen-bond donors (Lipinski definition) is 7. The topological polar surface area (TPSA) is 151 Å². The predicted octanol–water partition coefficient (Wildman–Crippen LogP) is 0.224. The summed E-state index contributed by atoms with van der Waals surface area (Å²) in [5, 5.41) is 70.2. The summed E-state index contributed by atoms with van der Waals surface area (Å²) in [4.78, 5) is 0. The summed E-state index contributed by atoms with van der Waals surface area (Å²) >= 11 is 0. The van der Waals surface area contributed by atoms with Gasteiger partial charge in [0.15, 0.2) is 0 Å². The lowest BCUT2D eigenvalue weighted by Gasteiger charge is -2.47. The average Bonchev–Trinajstić information content (AvgIpc) is 2.72. The summed E-state index contributed by atoms with van der Waals surface area (Å²) in [6.45, 7) is 0.663. The van der Waals surface area contributed by atoms with Gasteiger partial charge in [0.2, 0.25) is 0 Å². The monoisotopic (exact) mass is 422 g/mol. The van der Waals surface area contributed by atoms with Gasteiger partial charge in [0.1, 0.15) is 36.1 Å². The summed E-state index contributed by atoms with van der Waals surface area (Å²) in [6.07, 6.45) is 2.31. The first kappa shape index (κ1) is 26.7. The van der Waals surface area contributed by atoms with Crippen molar-refractivity contribution >= 4 is 0 Å². The van der Waals surface area contributed by atoms with Crippen LogP contribution < -0.4 is 0 Å². The molecule has 0 aromatic carbocycles. The molecule has 0 bridgehead atoms. The molecular weight excluding hydrogens is 380 g/mol. The molecule has 0 aromatic rings. The average molecular weight is 423 g/mol. The zero-order valence-corrected chi connectivity index (χ0v) is 17.7. The molecule has 0 aliphatic carbocycles. The molecule has 0 spiro atoms. The van der Waals surface area contributed by atoms with Crippen LogP contribution in [0.4, 0.5) is 0 Å². The lowest BCUT2D eigenvalue weighted by molar-refractivity contribution is -0.291. The SMILES string of the molecule is CCCCCCCCCCCCC(O)C(O)(CO)C1O[C@H](CO)[C@H](O)[C@H](O)[C@H]1O. The van der Waals surface area contributed by atoms with Crippen LogP contribution in [-0.4, -0.2) is 91.2 Å². The van der Waals surface area contributed by atoms with Crippen molar-refractivity contribution in [2.75, 3.05) is 13.2 Å². The first-order valence-electron chi connectivity index (χ1n) is 11.1. The third kappa shape index (κ3) is 7.70. The van der Waals surface area contributed by atoms with E-state index in [0.29, 0.717) is 6.42 Å². The van der Waals surface area contributed by atoms with Gasteiger partial charge in [-0.15, -0.1) is 0 Å². The minimum absolute atomic E-state index is 0.197. The molecule has 3 unspecified atom stereocenters. The van der Waals surface area contributed by atoms with Crippen LogP contribution in [0, 0.1) is 0 Å². The molecule has 0 radical (unpaired) electrons. The normalized spacial score (nSPS) is 30.8. The number of hydrogen-bond acceptors (Lipinski definition) is 8. The fraction of sp³-hybridized carbons (Fsp3) is 1.00. The van der Waals surface area contributed by atoms with Crippen LogP contribution in [0.25, 0.3) is 0 Å². The second-order valence-electron chi connectivity index (χ2n) is 8.39. The molecule has 0 aromatic heterocycles. The van der Waals surface area contributed by atoms with Crippen molar-refractivity contribution in [1.29, 1.82) is 0 Å². The van der Waals surface area contributed by atoms with Gasteiger partial charge in [-0.05, 0) is 6.42 Å². The van der Waals surface area contributed by atoms with Gasteiger partial charge in [-0.1, -0.05) is 71.1 Å². The van der Waals surface area contributed by atoms with Crippen molar-refractivity contribution in [2.45, 2.75) is 120 Å². The van der Waals surface area contributed by atoms with Crippen molar-refractivity contribution in [2.24, 2.45) is 0 Å². The minimum Gasteiger partial charge on any atom is -0.394 e. The predicted molar refractivity (Wildman–Crippen MR) is 108 cm³/mol. The van der Waals surface area contributed by atoms with Gasteiger partial charge >= 0.3 is 0 Å². The Morgan fingerprint density at radius 2 is 1.31 bits per heavy atom. The quantitative estimate of drug-likeness (QED) is 0.185. The summed E-state index contributed by atoms with van der Waals surface area (Å²) in [5.74, 6) is 0. The lowest BCUT2D eigenvalue weighted by Crippen LogP contribution is -2.69. The van der Waals surface area contributed by atoms with E-state index in [1.54, 1.807) is 0 Å². The minimum atomic E-state index is -2.22. The standard InChI is InChI=1S/C21H42O8/c1-2-3-4-5-6-7-8-9-10-11-12-16(24)21(28,14-23)20-19(27)18(26)17(25)15(13-22)29-20/h15-20,22-28H,2-14H2,1H3/t15-,16?,17+,18+,19-,20?,21?/m1/s1. The van der Waals surface area contributed by atoms with Crippen LogP contribution in [0.5, 0.6) is 0 Å². The maximum absolute atomic E-state index is 10.8. The zero-order chi connectivity index (χ0) is 21.9. The molecule has 1 saturated heterocycles. The van der Waals surface area contributed by atoms with Crippen LogP contribution in [0.3, 0.4) is 0 Å². The molecule has 0 saturated carbocycles. The Bertz CT molecular complexity index is 421. The Hall–Kier alpha value is -0.320. The fourth-order valence-electron chi connectivity index (χ4n) is 3.97. The zero-order valence-electron chi connectivity index (χ0n) is 17.7. The Morgan fingerprint density at radius 3 is 1.79 bits per heavy atom. The number of aliphatic hydroxyl groups excluding tert-OH is 6. The van der Waals surface area contributed by atoms with E-state index in [4.69, 9.17) is 4.74 Å². The highest BCUT2D eigenvalue weighted by Gasteiger charge is 2.54. The molecule has 8 nitrogen and oxygen atoms in total. The van der Waals surface area contributed by atoms with Gasteiger partial charge in [-0.2, -0.15) is 0 Å². The lowest BCUT2D eigenvalue weighted by atomic mass is 9.80. The Balaban J connectivity index is 2.42. The summed E-state index contributed by atoms with van der Waals surface area (Å²) in [5.41, 5.74) is -2.22. The first-order valence-corrected chi connectivity index (χ1v) is 11.1. The molecule has 174 valence electrons. The summed E-state index contributed by atoms with van der Waals surface area (Å²) in [6, 6.07) is 0. The number of rotatable bonds is 15. The van der Waals surface area contributed by atoms with Gasteiger partial charge in [0, 0.05) is 0 Å². The number of unbranched alkanes of at least 4 members (excludes halogenated alkanes) is 9.